The van der Waals surface area contributed by atoms with Gasteiger partial charge in [0.05, 0.1) is 0 Å². The molecule has 4 heteroatoms. The number of carbonyl (C=O) groups excluding carboxylic acids is 1. The first-order chi connectivity index (χ1) is 9.08. The van der Waals surface area contributed by atoms with Crippen LogP contribution in [0.15, 0.2) is 0 Å². The van der Waals surface area contributed by atoms with Crippen molar-refractivity contribution in [3.63, 3.8) is 0 Å². The van der Waals surface area contributed by atoms with Gasteiger partial charge in [-0.15, -0.1) is 0 Å². The summed E-state index contributed by atoms with van der Waals surface area (Å²) in [6.07, 6.45) is 4.67. The van der Waals surface area contributed by atoms with Crippen LogP contribution in [0.4, 0.5) is 4.79 Å². The smallest absolute Gasteiger partial charge is 0.422 e. The Morgan fingerprint density at radius 2 is 1.60 bits per heavy atom. The van der Waals surface area contributed by atoms with Crippen LogP contribution in [-0.4, -0.2) is 18.2 Å². The predicted octanol–water partition coefficient (Wildman–Crippen LogP) is 3.87. The number of carbonyl (C=O) groups is 1. The van der Waals surface area contributed by atoms with Gasteiger partial charge < -0.3 is 4.74 Å². The molecule has 1 saturated carbocycles. The van der Waals surface area contributed by atoms with E-state index in [0.29, 0.717) is 11.3 Å². The van der Waals surface area contributed by atoms with Gasteiger partial charge in [-0.05, 0) is 63.7 Å². The molecule has 1 aliphatic carbocycles. The Bertz CT molecular complexity index is 307. The lowest BCUT2D eigenvalue weighted by atomic mass is 9.70. The summed E-state index contributed by atoms with van der Waals surface area (Å²) in [7, 11) is 0. The first-order valence-electron chi connectivity index (χ1n) is 7.80. The average molecular weight is 284 g/mol. The molecule has 0 radical (unpaired) electrons. The summed E-state index contributed by atoms with van der Waals surface area (Å²) in [6.45, 7) is 13.4. The van der Waals surface area contributed by atoms with Crippen LogP contribution in [0.2, 0.25) is 0 Å². The number of hydrogen-bond donors (Lipinski definition) is 2. The molecule has 0 aliphatic heterocycles. The van der Waals surface area contributed by atoms with Crippen LogP contribution in [0.5, 0.6) is 0 Å². The highest BCUT2D eigenvalue weighted by Gasteiger charge is 2.29. The molecule has 20 heavy (non-hydrogen) atoms. The fourth-order valence-corrected chi connectivity index (χ4v) is 2.80. The molecule has 0 aromatic rings. The molecule has 4 nitrogen and oxygen atoms in total. The Morgan fingerprint density at radius 1 is 1.05 bits per heavy atom. The van der Waals surface area contributed by atoms with Gasteiger partial charge in [0.2, 0.25) is 0 Å². The summed E-state index contributed by atoms with van der Waals surface area (Å²) >= 11 is 0. The Balaban J connectivity index is 2.18. The van der Waals surface area contributed by atoms with Crippen LogP contribution in [-0.2, 0) is 4.74 Å². The predicted molar refractivity (Wildman–Crippen MR) is 82.3 cm³/mol. The van der Waals surface area contributed by atoms with Crippen molar-refractivity contribution in [2.24, 2.45) is 17.3 Å². The molecule has 0 saturated heterocycles. The lowest BCUT2D eigenvalue weighted by Crippen LogP contribution is -2.43. The second-order valence-electron chi connectivity index (χ2n) is 8.09. The van der Waals surface area contributed by atoms with Crippen molar-refractivity contribution in [3.8, 4) is 0 Å². The van der Waals surface area contributed by atoms with Gasteiger partial charge in [-0.25, -0.2) is 10.2 Å². The van der Waals surface area contributed by atoms with E-state index in [-0.39, 0.29) is 0 Å². The van der Waals surface area contributed by atoms with Gasteiger partial charge in [-0.3, -0.25) is 5.43 Å². The van der Waals surface area contributed by atoms with Crippen molar-refractivity contribution in [2.75, 3.05) is 6.54 Å². The van der Waals surface area contributed by atoms with E-state index in [2.05, 4.69) is 31.6 Å². The van der Waals surface area contributed by atoms with Gasteiger partial charge in [0.1, 0.15) is 5.60 Å². The van der Waals surface area contributed by atoms with E-state index in [1.54, 1.807) is 0 Å². The van der Waals surface area contributed by atoms with Crippen LogP contribution in [0.3, 0.4) is 0 Å². The van der Waals surface area contributed by atoms with Crippen molar-refractivity contribution in [1.82, 2.24) is 10.9 Å². The second-order valence-corrected chi connectivity index (χ2v) is 8.09. The van der Waals surface area contributed by atoms with Gasteiger partial charge >= 0.3 is 6.09 Å². The lowest BCUT2D eigenvalue weighted by molar-refractivity contribution is 0.0490. The normalized spacial score (nSPS) is 24.3. The van der Waals surface area contributed by atoms with Crippen molar-refractivity contribution in [1.29, 1.82) is 0 Å². The van der Waals surface area contributed by atoms with Gasteiger partial charge in [-0.2, -0.15) is 0 Å². The summed E-state index contributed by atoms with van der Waals surface area (Å²) in [5.41, 5.74) is 5.60. The fourth-order valence-electron chi connectivity index (χ4n) is 2.80. The van der Waals surface area contributed by atoms with Gasteiger partial charge in [-0.1, -0.05) is 20.8 Å². The summed E-state index contributed by atoms with van der Waals surface area (Å²) in [5.74, 6) is 1.49. The molecule has 0 atom stereocenters. The Kier molecular flexibility index (Phi) is 5.87. The van der Waals surface area contributed by atoms with Crippen LogP contribution in [0.1, 0.15) is 67.2 Å². The quantitative estimate of drug-likeness (QED) is 0.774. The molecule has 0 aromatic heterocycles. The molecule has 118 valence electrons. The van der Waals surface area contributed by atoms with Gasteiger partial charge in [0.15, 0.2) is 0 Å². The van der Waals surface area contributed by atoms with Crippen LogP contribution in [0.25, 0.3) is 0 Å². The second kappa shape index (κ2) is 6.79. The number of hydrogen-bond acceptors (Lipinski definition) is 3. The highest BCUT2D eigenvalue weighted by molar-refractivity contribution is 5.66. The number of amides is 1. The molecule has 0 bridgehead atoms. The minimum absolute atomic E-state index is 0.402. The number of nitrogens with one attached hydrogen (secondary N) is 2. The maximum absolute atomic E-state index is 11.5. The minimum Gasteiger partial charge on any atom is -0.443 e. The Labute approximate surface area is 124 Å². The third kappa shape index (κ3) is 6.60. The average Bonchev–Trinajstić information content (AvgIpc) is 2.26. The molecule has 2 N–H and O–H groups in total. The number of hydrazine groups is 1. The third-order valence-corrected chi connectivity index (χ3v) is 4.05. The molecule has 0 unspecified atom stereocenters. The fraction of sp³-hybridized carbons (Fsp3) is 0.938. The summed E-state index contributed by atoms with van der Waals surface area (Å²) in [5, 5.41) is 0. The van der Waals surface area contributed by atoms with Gasteiger partial charge in [0.25, 0.3) is 0 Å². The van der Waals surface area contributed by atoms with Crippen molar-refractivity contribution >= 4 is 6.09 Å². The monoisotopic (exact) mass is 284 g/mol. The third-order valence-electron chi connectivity index (χ3n) is 4.05. The van der Waals surface area contributed by atoms with Crippen LogP contribution in [0, 0.1) is 17.3 Å². The van der Waals surface area contributed by atoms with Crippen LogP contribution < -0.4 is 10.9 Å². The summed E-state index contributed by atoms with van der Waals surface area (Å²) in [6, 6.07) is 0. The van der Waals surface area contributed by atoms with Crippen molar-refractivity contribution in [2.45, 2.75) is 72.8 Å². The molecule has 1 aliphatic rings. The summed E-state index contributed by atoms with van der Waals surface area (Å²) in [4.78, 5) is 11.5. The first-order valence-corrected chi connectivity index (χ1v) is 7.80. The van der Waals surface area contributed by atoms with E-state index in [1.165, 1.54) is 25.7 Å². The molecular formula is C16H32N2O2. The molecule has 1 rings (SSSR count). The molecule has 0 spiro atoms. The van der Waals surface area contributed by atoms with E-state index in [9.17, 15) is 4.79 Å². The molecule has 0 aromatic carbocycles. The largest absolute Gasteiger partial charge is 0.443 e. The number of ether oxygens (including phenoxy) is 1. The van der Waals surface area contributed by atoms with E-state index < -0.39 is 11.7 Å². The zero-order valence-electron chi connectivity index (χ0n) is 14.0. The molecular weight excluding hydrogens is 252 g/mol. The van der Waals surface area contributed by atoms with Crippen molar-refractivity contribution in [3.05, 3.63) is 0 Å². The highest BCUT2D eigenvalue weighted by atomic mass is 16.6. The molecule has 1 fully saturated rings. The van der Waals surface area contributed by atoms with E-state index >= 15 is 0 Å². The number of rotatable bonds is 3. The Morgan fingerprint density at radius 3 is 2.05 bits per heavy atom. The minimum atomic E-state index is -0.448. The maximum Gasteiger partial charge on any atom is 0.422 e. The van der Waals surface area contributed by atoms with Gasteiger partial charge in [0, 0.05) is 6.54 Å². The molecule has 0 heterocycles. The van der Waals surface area contributed by atoms with E-state index in [0.717, 1.165) is 12.5 Å². The first kappa shape index (κ1) is 17.3. The standard InChI is InChI=1S/C16H32N2O2/c1-15(2,3)13-9-7-12(8-10-13)11-17-18-14(19)20-16(4,5)6/h12-13,17H,7-11H2,1-6H3,(H,18,19). The zero-order chi connectivity index (χ0) is 15.4. The van der Waals surface area contributed by atoms with E-state index in [4.69, 9.17) is 4.74 Å². The van der Waals surface area contributed by atoms with E-state index in [1.807, 2.05) is 20.8 Å². The zero-order valence-corrected chi connectivity index (χ0v) is 14.0. The Hall–Kier alpha value is -0.770. The topological polar surface area (TPSA) is 50.4 Å². The lowest BCUT2D eigenvalue weighted by Gasteiger charge is -2.37. The van der Waals surface area contributed by atoms with Crippen LogP contribution >= 0.6 is 0 Å². The maximum atomic E-state index is 11.5. The molecule has 1 amide bonds. The SMILES string of the molecule is CC(C)(C)OC(=O)NNCC1CCC(C(C)(C)C)CC1. The van der Waals surface area contributed by atoms with Crippen molar-refractivity contribution < 1.29 is 9.53 Å². The highest BCUT2D eigenvalue weighted by Crippen LogP contribution is 2.39. The summed E-state index contributed by atoms with van der Waals surface area (Å²) < 4.78 is 5.18.